The maximum atomic E-state index is 9.76. The minimum Gasteiger partial charge on any atom is -0.507 e. The summed E-state index contributed by atoms with van der Waals surface area (Å²) in [6.07, 6.45) is 5.55. The summed E-state index contributed by atoms with van der Waals surface area (Å²) >= 11 is 0. The lowest BCUT2D eigenvalue weighted by atomic mass is 9.99. The topological polar surface area (TPSA) is 32.3 Å². The van der Waals surface area contributed by atoms with E-state index < -0.39 is 0 Å². The first-order valence-corrected chi connectivity index (χ1v) is 7.10. The Morgan fingerprint density at radius 1 is 1.22 bits per heavy atom. The maximum Gasteiger partial charge on any atom is 0.121 e. The Balaban J connectivity index is 1.93. The molecule has 2 heteroatoms. The predicted molar refractivity (Wildman–Crippen MR) is 75.8 cm³/mol. The minimum atomic E-state index is 0.433. The molecule has 100 valence electrons. The highest BCUT2D eigenvalue weighted by Crippen LogP contribution is 2.28. The molecule has 0 spiro atoms. The monoisotopic (exact) mass is 247 g/mol. The molecule has 0 aliphatic heterocycles. The van der Waals surface area contributed by atoms with Crippen molar-refractivity contribution in [3.63, 3.8) is 0 Å². The second-order valence-electron chi connectivity index (χ2n) is 5.79. The van der Waals surface area contributed by atoms with E-state index in [0.717, 1.165) is 23.6 Å². The summed E-state index contributed by atoms with van der Waals surface area (Å²) in [4.78, 5) is 0. The Morgan fingerprint density at radius 3 is 2.33 bits per heavy atom. The van der Waals surface area contributed by atoms with E-state index in [1.54, 1.807) is 0 Å². The van der Waals surface area contributed by atoms with Gasteiger partial charge in [-0.3, -0.25) is 0 Å². The second kappa shape index (κ2) is 5.75. The minimum absolute atomic E-state index is 0.433. The highest BCUT2D eigenvalue weighted by atomic mass is 16.3. The number of nitrogens with one attached hydrogen (secondary N) is 1. The molecular formula is C16H25NO. The van der Waals surface area contributed by atoms with Crippen molar-refractivity contribution in [2.45, 2.75) is 59.0 Å². The van der Waals surface area contributed by atoms with Crippen LogP contribution in [0.25, 0.3) is 0 Å². The number of phenols is 1. The van der Waals surface area contributed by atoms with E-state index in [2.05, 4.69) is 24.4 Å². The van der Waals surface area contributed by atoms with Gasteiger partial charge in [-0.2, -0.15) is 0 Å². The molecule has 0 amide bonds. The van der Waals surface area contributed by atoms with Crippen molar-refractivity contribution >= 4 is 0 Å². The average Bonchev–Trinajstić information content (AvgIpc) is 2.86. The van der Waals surface area contributed by atoms with E-state index >= 15 is 0 Å². The molecule has 2 rings (SSSR count). The number of aryl methyl sites for hydroxylation is 2. The van der Waals surface area contributed by atoms with Gasteiger partial charge in [0.15, 0.2) is 0 Å². The van der Waals surface area contributed by atoms with Crippen molar-refractivity contribution in [3.8, 4) is 5.75 Å². The highest BCUT2D eigenvalue weighted by molar-refractivity contribution is 5.42. The molecule has 2 N–H and O–H groups in total. The van der Waals surface area contributed by atoms with Gasteiger partial charge in [0, 0.05) is 12.6 Å². The third-order valence-electron chi connectivity index (χ3n) is 4.29. The van der Waals surface area contributed by atoms with Crippen LogP contribution in [0.4, 0.5) is 0 Å². The summed E-state index contributed by atoms with van der Waals surface area (Å²) in [5, 5.41) is 13.4. The zero-order valence-electron chi connectivity index (χ0n) is 11.8. The van der Waals surface area contributed by atoms with Crippen LogP contribution in [-0.2, 0) is 6.54 Å². The molecule has 18 heavy (non-hydrogen) atoms. The van der Waals surface area contributed by atoms with Gasteiger partial charge in [-0.1, -0.05) is 25.0 Å². The second-order valence-corrected chi connectivity index (χ2v) is 5.79. The molecule has 0 aromatic heterocycles. The van der Waals surface area contributed by atoms with Gasteiger partial charge in [0.05, 0.1) is 0 Å². The summed E-state index contributed by atoms with van der Waals surface area (Å²) in [5.41, 5.74) is 3.22. The van der Waals surface area contributed by atoms with E-state index in [4.69, 9.17) is 0 Å². The molecule has 0 bridgehead atoms. The zero-order valence-corrected chi connectivity index (χ0v) is 11.8. The average molecular weight is 247 g/mol. The first-order chi connectivity index (χ1) is 8.58. The fraction of sp³-hybridized carbons (Fsp3) is 0.625. The summed E-state index contributed by atoms with van der Waals surface area (Å²) in [6.45, 7) is 7.13. The summed E-state index contributed by atoms with van der Waals surface area (Å²) < 4.78 is 0. The molecule has 1 aliphatic rings. The van der Waals surface area contributed by atoms with E-state index in [0.29, 0.717) is 11.8 Å². The van der Waals surface area contributed by atoms with Crippen LogP contribution in [0.1, 0.15) is 49.3 Å². The van der Waals surface area contributed by atoms with Crippen LogP contribution in [0.2, 0.25) is 0 Å². The quantitative estimate of drug-likeness (QED) is 0.850. The number of phenolic OH excluding ortho intramolecular Hbond substituents is 1. The molecular weight excluding hydrogens is 222 g/mol. The van der Waals surface area contributed by atoms with Crippen molar-refractivity contribution in [3.05, 3.63) is 28.8 Å². The fourth-order valence-corrected chi connectivity index (χ4v) is 3.05. The van der Waals surface area contributed by atoms with Gasteiger partial charge in [-0.05, 0) is 56.2 Å². The Kier molecular flexibility index (Phi) is 4.28. The molecule has 1 atom stereocenters. The van der Waals surface area contributed by atoms with Crippen LogP contribution < -0.4 is 5.32 Å². The van der Waals surface area contributed by atoms with Crippen LogP contribution >= 0.6 is 0 Å². The molecule has 1 aliphatic carbocycles. The zero-order chi connectivity index (χ0) is 13.1. The molecule has 1 saturated carbocycles. The molecule has 0 heterocycles. The van der Waals surface area contributed by atoms with Crippen LogP contribution in [-0.4, -0.2) is 11.1 Å². The van der Waals surface area contributed by atoms with E-state index in [1.165, 1.54) is 31.2 Å². The number of benzene rings is 1. The first kappa shape index (κ1) is 13.4. The largest absolute Gasteiger partial charge is 0.507 e. The third kappa shape index (κ3) is 3.05. The molecule has 1 fully saturated rings. The molecule has 1 aromatic carbocycles. The normalized spacial score (nSPS) is 18.2. The SMILES string of the molecule is Cc1cc(CN[C@@H](C)C2CCCC2)cc(C)c1O. The molecule has 0 saturated heterocycles. The molecule has 1 aromatic rings. The van der Waals surface area contributed by atoms with Crippen LogP contribution in [0.5, 0.6) is 5.75 Å². The van der Waals surface area contributed by atoms with Crippen molar-refractivity contribution in [1.29, 1.82) is 0 Å². The van der Waals surface area contributed by atoms with Crippen molar-refractivity contribution in [1.82, 2.24) is 5.32 Å². The van der Waals surface area contributed by atoms with Gasteiger partial charge in [-0.15, -0.1) is 0 Å². The van der Waals surface area contributed by atoms with Gasteiger partial charge in [0.1, 0.15) is 5.75 Å². The number of hydrogen-bond acceptors (Lipinski definition) is 2. The van der Waals surface area contributed by atoms with Crippen LogP contribution in [0.15, 0.2) is 12.1 Å². The highest BCUT2D eigenvalue weighted by Gasteiger charge is 2.20. The summed E-state index contributed by atoms with van der Waals surface area (Å²) in [5.74, 6) is 1.28. The Hall–Kier alpha value is -1.02. The molecule has 0 unspecified atom stereocenters. The summed E-state index contributed by atoms with van der Waals surface area (Å²) in [6, 6.07) is 4.76. The first-order valence-electron chi connectivity index (χ1n) is 7.10. The van der Waals surface area contributed by atoms with E-state index in [1.807, 2.05) is 13.8 Å². The molecule has 0 radical (unpaired) electrons. The van der Waals surface area contributed by atoms with Crippen LogP contribution in [0, 0.1) is 19.8 Å². The maximum absolute atomic E-state index is 9.76. The lowest BCUT2D eigenvalue weighted by Crippen LogP contribution is -2.31. The number of aromatic hydroxyl groups is 1. The van der Waals surface area contributed by atoms with E-state index in [-0.39, 0.29) is 0 Å². The van der Waals surface area contributed by atoms with Crippen molar-refractivity contribution in [2.75, 3.05) is 0 Å². The van der Waals surface area contributed by atoms with Crippen molar-refractivity contribution < 1.29 is 5.11 Å². The fourth-order valence-electron chi connectivity index (χ4n) is 3.05. The van der Waals surface area contributed by atoms with Gasteiger partial charge in [-0.25, -0.2) is 0 Å². The van der Waals surface area contributed by atoms with Gasteiger partial charge < -0.3 is 10.4 Å². The molecule has 2 nitrogen and oxygen atoms in total. The van der Waals surface area contributed by atoms with Crippen molar-refractivity contribution in [2.24, 2.45) is 5.92 Å². The van der Waals surface area contributed by atoms with Gasteiger partial charge in [0.25, 0.3) is 0 Å². The standard InChI is InChI=1S/C16H25NO/c1-11-8-14(9-12(2)16(11)18)10-17-13(3)15-6-4-5-7-15/h8-9,13,15,17-18H,4-7,10H2,1-3H3/t13-/m0/s1. The lowest BCUT2D eigenvalue weighted by molar-refractivity contribution is 0.380. The number of rotatable bonds is 4. The lowest BCUT2D eigenvalue weighted by Gasteiger charge is -2.20. The number of hydrogen-bond donors (Lipinski definition) is 2. The van der Waals surface area contributed by atoms with Crippen LogP contribution in [0.3, 0.4) is 0 Å². The Bertz CT molecular complexity index is 385. The predicted octanol–water partition coefficient (Wildman–Crippen LogP) is 3.68. The van der Waals surface area contributed by atoms with Gasteiger partial charge in [0.2, 0.25) is 0 Å². The Morgan fingerprint density at radius 2 is 1.78 bits per heavy atom. The van der Waals surface area contributed by atoms with Gasteiger partial charge >= 0.3 is 0 Å². The van der Waals surface area contributed by atoms with E-state index in [9.17, 15) is 5.11 Å². The summed E-state index contributed by atoms with van der Waals surface area (Å²) in [7, 11) is 0. The third-order valence-corrected chi connectivity index (χ3v) is 4.29. The smallest absolute Gasteiger partial charge is 0.121 e. The Labute approximate surface area is 110 Å².